The van der Waals surface area contributed by atoms with E-state index in [4.69, 9.17) is 23.2 Å². The molecule has 2 unspecified atom stereocenters. The minimum Gasteiger partial charge on any atom is -0.310 e. The highest BCUT2D eigenvalue weighted by Gasteiger charge is 2.10. The molecule has 0 aliphatic heterocycles. The second-order valence-electron chi connectivity index (χ2n) is 5.22. The fraction of sp³-hybridized carbons (Fsp3) is 0.625. The molecule has 3 heteroatoms. The maximum atomic E-state index is 6.06. The van der Waals surface area contributed by atoms with Crippen molar-refractivity contribution in [2.45, 2.75) is 52.5 Å². The van der Waals surface area contributed by atoms with Gasteiger partial charge in [-0.15, -0.1) is 0 Å². The molecule has 19 heavy (non-hydrogen) atoms. The molecule has 0 heterocycles. The lowest BCUT2D eigenvalue weighted by molar-refractivity contribution is 0.398. The number of hydrogen-bond acceptors (Lipinski definition) is 1. The van der Waals surface area contributed by atoms with Gasteiger partial charge < -0.3 is 5.32 Å². The van der Waals surface area contributed by atoms with E-state index in [0.717, 1.165) is 12.5 Å². The lowest BCUT2D eigenvalue weighted by Crippen LogP contribution is -2.25. The molecule has 0 bridgehead atoms. The molecule has 0 aromatic heterocycles. The first-order chi connectivity index (χ1) is 9.08. The first-order valence-corrected chi connectivity index (χ1v) is 8.02. The van der Waals surface area contributed by atoms with E-state index in [9.17, 15) is 0 Å². The van der Waals surface area contributed by atoms with E-state index in [-0.39, 0.29) is 0 Å². The van der Waals surface area contributed by atoms with Gasteiger partial charge in [-0.2, -0.15) is 0 Å². The molecule has 0 saturated heterocycles. The van der Waals surface area contributed by atoms with Crippen molar-refractivity contribution in [3.63, 3.8) is 0 Å². The number of halogens is 2. The molecule has 108 valence electrons. The smallest absolute Gasteiger partial charge is 0.0595 e. The summed E-state index contributed by atoms with van der Waals surface area (Å²) in [4.78, 5) is 0. The fourth-order valence-electron chi connectivity index (χ4n) is 2.19. The zero-order chi connectivity index (χ0) is 14.3. The minimum absolute atomic E-state index is 0.311. The van der Waals surface area contributed by atoms with Gasteiger partial charge in [0.05, 0.1) is 10.0 Å². The van der Waals surface area contributed by atoms with Crippen LogP contribution < -0.4 is 5.32 Å². The monoisotopic (exact) mass is 301 g/mol. The van der Waals surface area contributed by atoms with Crippen LogP contribution in [0.1, 0.15) is 58.1 Å². The number of hydrogen-bond donors (Lipinski definition) is 1. The van der Waals surface area contributed by atoms with E-state index < -0.39 is 0 Å². The number of benzene rings is 1. The van der Waals surface area contributed by atoms with E-state index in [0.29, 0.717) is 16.1 Å². The van der Waals surface area contributed by atoms with E-state index in [2.05, 4.69) is 26.1 Å². The summed E-state index contributed by atoms with van der Waals surface area (Å²) in [5.41, 5.74) is 1.19. The van der Waals surface area contributed by atoms with Crippen LogP contribution in [0.15, 0.2) is 18.2 Å². The van der Waals surface area contributed by atoms with Gasteiger partial charge in [-0.25, -0.2) is 0 Å². The maximum Gasteiger partial charge on any atom is 0.0595 e. The standard InChI is InChI=1S/C16H25Cl2N/c1-4-6-7-13(5-2)11-19-12(3)14-8-9-15(17)16(18)10-14/h8-10,12-13,19H,4-7,11H2,1-3H3. The zero-order valence-electron chi connectivity index (χ0n) is 12.2. The summed E-state index contributed by atoms with van der Waals surface area (Å²) in [6, 6.07) is 6.17. The summed E-state index contributed by atoms with van der Waals surface area (Å²) in [6.45, 7) is 7.76. The van der Waals surface area contributed by atoms with Gasteiger partial charge in [0.25, 0.3) is 0 Å². The summed E-state index contributed by atoms with van der Waals surface area (Å²) < 4.78 is 0. The van der Waals surface area contributed by atoms with Gasteiger partial charge >= 0.3 is 0 Å². The quantitative estimate of drug-likeness (QED) is 0.634. The third-order valence-electron chi connectivity index (χ3n) is 3.70. The van der Waals surface area contributed by atoms with Crippen LogP contribution in [0.4, 0.5) is 0 Å². The highest BCUT2D eigenvalue weighted by atomic mass is 35.5. The predicted molar refractivity (Wildman–Crippen MR) is 86.2 cm³/mol. The Balaban J connectivity index is 2.49. The molecule has 1 rings (SSSR count). The van der Waals surface area contributed by atoms with E-state index in [1.807, 2.05) is 18.2 Å². The molecule has 1 aromatic rings. The van der Waals surface area contributed by atoms with Crippen LogP contribution in [-0.4, -0.2) is 6.54 Å². The second-order valence-corrected chi connectivity index (χ2v) is 6.03. The van der Waals surface area contributed by atoms with Crippen LogP contribution in [0.3, 0.4) is 0 Å². The topological polar surface area (TPSA) is 12.0 Å². The van der Waals surface area contributed by atoms with Gasteiger partial charge in [0.2, 0.25) is 0 Å². The number of nitrogens with one attached hydrogen (secondary N) is 1. The van der Waals surface area contributed by atoms with E-state index in [1.165, 1.54) is 31.2 Å². The lowest BCUT2D eigenvalue weighted by atomic mass is 9.98. The Morgan fingerprint density at radius 1 is 1.16 bits per heavy atom. The average Bonchev–Trinajstić information content (AvgIpc) is 2.41. The molecular formula is C16H25Cl2N. The van der Waals surface area contributed by atoms with Gasteiger partial charge in [-0.1, -0.05) is 62.4 Å². The highest BCUT2D eigenvalue weighted by Crippen LogP contribution is 2.25. The third kappa shape index (κ3) is 5.72. The molecule has 0 radical (unpaired) electrons. The second kappa shape index (κ2) is 8.84. The van der Waals surface area contributed by atoms with Crippen molar-refractivity contribution in [3.05, 3.63) is 33.8 Å². The van der Waals surface area contributed by atoms with Crippen molar-refractivity contribution in [2.75, 3.05) is 6.54 Å². The van der Waals surface area contributed by atoms with Gasteiger partial charge in [0.1, 0.15) is 0 Å². The summed E-state index contributed by atoms with van der Waals surface area (Å²) in [7, 11) is 0. The Kier molecular flexibility index (Phi) is 7.82. The lowest BCUT2D eigenvalue weighted by Gasteiger charge is -2.20. The summed E-state index contributed by atoms with van der Waals surface area (Å²) in [6.07, 6.45) is 5.15. The first-order valence-electron chi connectivity index (χ1n) is 7.26. The molecule has 0 spiro atoms. The Morgan fingerprint density at radius 3 is 2.47 bits per heavy atom. The number of rotatable bonds is 8. The average molecular weight is 302 g/mol. The predicted octanol–water partition coefficient (Wildman–Crippen LogP) is 5.86. The van der Waals surface area contributed by atoms with Crippen LogP contribution >= 0.6 is 23.2 Å². The highest BCUT2D eigenvalue weighted by molar-refractivity contribution is 6.42. The van der Waals surface area contributed by atoms with Gasteiger partial charge in [0.15, 0.2) is 0 Å². The number of unbranched alkanes of at least 4 members (excludes halogenated alkanes) is 1. The van der Waals surface area contributed by atoms with Crippen LogP contribution in [0.25, 0.3) is 0 Å². The summed E-state index contributed by atoms with van der Waals surface area (Å²) in [5, 5.41) is 4.85. The Morgan fingerprint density at radius 2 is 1.89 bits per heavy atom. The Labute approximate surface area is 127 Å². The SMILES string of the molecule is CCCCC(CC)CNC(C)c1ccc(Cl)c(Cl)c1. The van der Waals surface area contributed by atoms with Crippen molar-refractivity contribution < 1.29 is 0 Å². The maximum absolute atomic E-state index is 6.06. The van der Waals surface area contributed by atoms with Crippen LogP contribution in [0, 0.1) is 5.92 Å². The van der Waals surface area contributed by atoms with Crippen molar-refractivity contribution in [2.24, 2.45) is 5.92 Å². The minimum atomic E-state index is 0.311. The van der Waals surface area contributed by atoms with E-state index >= 15 is 0 Å². The van der Waals surface area contributed by atoms with Crippen molar-refractivity contribution >= 4 is 23.2 Å². The Bertz CT molecular complexity index is 379. The molecule has 1 N–H and O–H groups in total. The molecule has 0 saturated carbocycles. The van der Waals surface area contributed by atoms with Crippen molar-refractivity contribution in [1.29, 1.82) is 0 Å². The molecule has 0 aliphatic rings. The fourth-order valence-corrected chi connectivity index (χ4v) is 2.49. The molecule has 2 atom stereocenters. The molecular weight excluding hydrogens is 277 g/mol. The van der Waals surface area contributed by atoms with Gasteiger partial charge in [0, 0.05) is 6.04 Å². The normalized spacial score (nSPS) is 14.4. The van der Waals surface area contributed by atoms with Crippen LogP contribution in [0.5, 0.6) is 0 Å². The van der Waals surface area contributed by atoms with Gasteiger partial charge in [-0.3, -0.25) is 0 Å². The summed E-state index contributed by atoms with van der Waals surface area (Å²) >= 11 is 12.0. The van der Waals surface area contributed by atoms with Crippen molar-refractivity contribution in [3.8, 4) is 0 Å². The Hall–Kier alpha value is -0.240. The largest absolute Gasteiger partial charge is 0.310 e. The summed E-state index contributed by atoms with van der Waals surface area (Å²) in [5.74, 6) is 0.769. The van der Waals surface area contributed by atoms with Crippen molar-refractivity contribution in [1.82, 2.24) is 5.32 Å². The molecule has 0 amide bonds. The van der Waals surface area contributed by atoms with Gasteiger partial charge in [-0.05, 0) is 43.5 Å². The molecule has 1 nitrogen and oxygen atoms in total. The first kappa shape index (κ1) is 16.8. The van der Waals surface area contributed by atoms with Crippen LogP contribution in [-0.2, 0) is 0 Å². The molecule has 1 aromatic carbocycles. The zero-order valence-corrected chi connectivity index (χ0v) is 13.7. The molecule has 0 fully saturated rings. The third-order valence-corrected chi connectivity index (χ3v) is 4.44. The van der Waals surface area contributed by atoms with E-state index in [1.54, 1.807) is 0 Å². The molecule has 0 aliphatic carbocycles. The van der Waals surface area contributed by atoms with Crippen LogP contribution in [0.2, 0.25) is 10.0 Å².